The molecular formula is C12H18N2O2S. The number of ether oxygens (including phenoxy) is 2. The summed E-state index contributed by atoms with van der Waals surface area (Å²) in [6.45, 7) is 3.31. The molecule has 1 heterocycles. The minimum atomic E-state index is 0.370. The lowest BCUT2D eigenvalue weighted by Gasteiger charge is -2.22. The van der Waals surface area contributed by atoms with E-state index in [9.17, 15) is 0 Å². The Balaban J connectivity index is 2.16. The molecule has 1 unspecified atom stereocenters. The lowest BCUT2D eigenvalue weighted by atomic mass is 10.2. The molecule has 1 aromatic rings. The number of nitrogen functional groups attached to an aromatic ring is 1. The molecule has 3 N–H and O–H groups in total. The fourth-order valence-electron chi connectivity index (χ4n) is 1.79. The Morgan fingerprint density at radius 1 is 1.35 bits per heavy atom. The third-order valence-corrected chi connectivity index (χ3v) is 3.37. The van der Waals surface area contributed by atoms with Gasteiger partial charge < -0.3 is 20.5 Å². The Morgan fingerprint density at radius 2 is 2.00 bits per heavy atom. The summed E-state index contributed by atoms with van der Waals surface area (Å²) in [6, 6.07) is 4.11. The predicted octanol–water partition coefficient (Wildman–Crippen LogP) is 2.20. The van der Waals surface area contributed by atoms with Gasteiger partial charge in [-0.1, -0.05) is 0 Å². The van der Waals surface area contributed by atoms with E-state index in [4.69, 9.17) is 15.2 Å². The molecule has 1 aliphatic rings. The normalized spacial score (nSPS) is 15.4. The Hall–Kier alpha value is -1.23. The molecule has 2 rings (SSSR count). The summed E-state index contributed by atoms with van der Waals surface area (Å²) in [5.41, 5.74) is 7.59. The Bertz CT molecular complexity index is 398. The van der Waals surface area contributed by atoms with Crippen LogP contribution in [0.15, 0.2) is 12.1 Å². The van der Waals surface area contributed by atoms with Gasteiger partial charge in [-0.25, -0.2) is 0 Å². The first kappa shape index (κ1) is 12.2. The molecule has 0 amide bonds. The number of anilines is 2. The van der Waals surface area contributed by atoms with E-state index < -0.39 is 0 Å². The minimum absolute atomic E-state index is 0.370. The summed E-state index contributed by atoms with van der Waals surface area (Å²) < 4.78 is 11.0. The number of fused-ring (bicyclic) bond motifs is 1. The van der Waals surface area contributed by atoms with Crippen molar-refractivity contribution in [1.82, 2.24) is 0 Å². The van der Waals surface area contributed by atoms with Gasteiger partial charge in [0, 0.05) is 23.9 Å². The van der Waals surface area contributed by atoms with E-state index >= 15 is 0 Å². The standard InChI is InChI=1S/C12H18N2O2S/c1-8(7-17-2)14-10-6-12-11(5-9(10)13)15-3-4-16-12/h5-6,8,14H,3-4,7,13H2,1-2H3. The van der Waals surface area contributed by atoms with Gasteiger partial charge in [-0.2, -0.15) is 11.8 Å². The number of benzene rings is 1. The van der Waals surface area contributed by atoms with E-state index in [1.807, 2.05) is 12.1 Å². The topological polar surface area (TPSA) is 56.5 Å². The van der Waals surface area contributed by atoms with Crippen LogP contribution in [-0.4, -0.2) is 31.3 Å². The van der Waals surface area contributed by atoms with Gasteiger partial charge in [0.2, 0.25) is 0 Å². The summed E-state index contributed by atoms with van der Waals surface area (Å²) >= 11 is 1.80. The first-order chi connectivity index (χ1) is 8.20. The van der Waals surface area contributed by atoms with E-state index in [1.54, 1.807) is 11.8 Å². The summed E-state index contributed by atoms with van der Waals surface area (Å²) in [7, 11) is 0. The van der Waals surface area contributed by atoms with E-state index in [0.29, 0.717) is 24.9 Å². The van der Waals surface area contributed by atoms with Gasteiger partial charge >= 0.3 is 0 Å². The monoisotopic (exact) mass is 254 g/mol. The molecule has 0 aromatic heterocycles. The average molecular weight is 254 g/mol. The Labute approximate surface area is 106 Å². The largest absolute Gasteiger partial charge is 0.486 e. The van der Waals surface area contributed by atoms with E-state index in [0.717, 1.165) is 22.9 Å². The molecule has 1 atom stereocenters. The number of hydrogen-bond donors (Lipinski definition) is 2. The number of hydrogen-bond acceptors (Lipinski definition) is 5. The van der Waals surface area contributed by atoms with Crippen molar-refractivity contribution < 1.29 is 9.47 Å². The molecule has 1 aromatic carbocycles. The molecule has 0 saturated heterocycles. The van der Waals surface area contributed by atoms with Gasteiger partial charge in [-0.05, 0) is 13.2 Å². The molecule has 0 saturated carbocycles. The minimum Gasteiger partial charge on any atom is -0.486 e. The first-order valence-electron chi connectivity index (χ1n) is 5.65. The van der Waals surface area contributed by atoms with E-state index in [-0.39, 0.29) is 0 Å². The van der Waals surface area contributed by atoms with Crippen molar-refractivity contribution in [1.29, 1.82) is 0 Å². The maximum Gasteiger partial charge on any atom is 0.163 e. The first-order valence-corrected chi connectivity index (χ1v) is 7.04. The Morgan fingerprint density at radius 3 is 2.65 bits per heavy atom. The van der Waals surface area contributed by atoms with Crippen LogP contribution in [0, 0.1) is 0 Å². The van der Waals surface area contributed by atoms with Gasteiger partial charge in [0.15, 0.2) is 11.5 Å². The summed E-state index contributed by atoms with van der Waals surface area (Å²) in [4.78, 5) is 0. The number of nitrogens with two attached hydrogens (primary N) is 1. The van der Waals surface area contributed by atoms with Gasteiger partial charge in [0.05, 0.1) is 11.4 Å². The number of rotatable bonds is 4. The van der Waals surface area contributed by atoms with Crippen molar-refractivity contribution in [2.45, 2.75) is 13.0 Å². The maximum atomic E-state index is 5.98. The lowest BCUT2D eigenvalue weighted by molar-refractivity contribution is 0.172. The van der Waals surface area contributed by atoms with Gasteiger partial charge in [0.25, 0.3) is 0 Å². The molecule has 0 aliphatic carbocycles. The summed E-state index contributed by atoms with van der Waals surface area (Å²) in [5, 5.41) is 3.38. The zero-order valence-corrected chi connectivity index (χ0v) is 11.0. The smallest absolute Gasteiger partial charge is 0.163 e. The SMILES string of the molecule is CSCC(C)Nc1cc2c(cc1N)OCCO2. The molecule has 5 heteroatoms. The van der Waals surface area contributed by atoms with E-state index in [2.05, 4.69) is 18.5 Å². The van der Waals surface area contributed by atoms with Crippen LogP contribution in [-0.2, 0) is 0 Å². The molecular weight excluding hydrogens is 236 g/mol. The molecule has 1 aliphatic heterocycles. The second-order valence-corrected chi connectivity index (χ2v) is 4.99. The quantitative estimate of drug-likeness (QED) is 0.807. The molecule has 0 spiro atoms. The van der Waals surface area contributed by atoms with Crippen LogP contribution in [0.3, 0.4) is 0 Å². The lowest BCUT2D eigenvalue weighted by Crippen LogP contribution is -2.20. The number of nitrogens with one attached hydrogen (secondary N) is 1. The van der Waals surface area contributed by atoms with E-state index in [1.165, 1.54) is 0 Å². The van der Waals surface area contributed by atoms with Crippen LogP contribution in [0.4, 0.5) is 11.4 Å². The fraction of sp³-hybridized carbons (Fsp3) is 0.500. The highest BCUT2D eigenvalue weighted by Gasteiger charge is 2.15. The third-order valence-electron chi connectivity index (χ3n) is 2.53. The number of thioether (sulfide) groups is 1. The average Bonchev–Trinajstić information content (AvgIpc) is 2.30. The summed E-state index contributed by atoms with van der Waals surface area (Å²) in [5.74, 6) is 2.54. The highest BCUT2D eigenvalue weighted by Crippen LogP contribution is 2.37. The maximum absolute atomic E-state index is 5.98. The van der Waals surface area contributed by atoms with Gasteiger partial charge in [-0.15, -0.1) is 0 Å². The van der Waals surface area contributed by atoms with Crippen molar-refractivity contribution in [2.24, 2.45) is 0 Å². The predicted molar refractivity (Wildman–Crippen MR) is 73.3 cm³/mol. The van der Waals surface area contributed by atoms with Crippen molar-refractivity contribution >= 4 is 23.1 Å². The zero-order valence-electron chi connectivity index (χ0n) is 10.2. The van der Waals surface area contributed by atoms with Crippen LogP contribution in [0.25, 0.3) is 0 Å². The van der Waals surface area contributed by atoms with Crippen LogP contribution < -0.4 is 20.5 Å². The molecule has 0 fully saturated rings. The summed E-state index contributed by atoms with van der Waals surface area (Å²) in [6.07, 6.45) is 2.09. The van der Waals surface area contributed by atoms with Crippen LogP contribution >= 0.6 is 11.8 Å². The van der Waals surface area contributed by atoms with Crippen molar-refractivity contribution in [3.05, 3.63) is 12.1 Å². The van der Waals surface area contributed by atoms with Crippen molar-refractivity contribution in [3.8, 4) is 11.5 Å². The molecule has 0 radical (unpaired) electrons. The van der Waals surface area contributed by atoms with Gasteiger partial charge in [-0.3, -0.25) is 0 Å². The molecule has 94 valence electrons. The fourth-order valence-corrected chi connectivity index (χ4v) is 2.37. The van der Waals surface area contributed by atoms with Gasteiger partial charge in [0.1, 0.15) is 13.2 Å². The molecule has 4 nitrogen and oxygen atoms in total. The molecule has 17 heavy (non-hydrogen) atoms. The zero-order chi connectivity index (χ0) is 12.3. The molecule has 0 bridgehead atoms. The highest BCUT2D eigenvalue weighted by atomic mass is 32.2. The van der Waals surface area contributed by atoms with Crippen LogP contribution in [0.1, 0.15) is 6.92 Å². The highest BCUT2D eigenvalue weighted by molar-refractivity contribution is 7.98. The van der Waals surface area contributed by atoms with Crippen molar-refractivity contribution in [2.75, 3.05) is 36.3 Å². The van der Waals surface area contributed by atoms with Crippen molar-refractivity contribution in [3.63, 3.8) is 0 Å². The van der Waals surface area contributed by atoms with Crippen LogP contribution in [0.5, 0.6) is 11.5 Å². The van der Waals surface area contributed by atoms with Crippen LogP contribution in [0.2, 0.25) is 0 Å². The third kappa shape index (κ3) is 2.91. The second kappa shape index (κ2) is 5.40. The Kier molecular flexibility index (Phi) is 3.89. The second-order valence-electron chi connectivity index (χ2n) is 4.08.